The standard InChI is InChI=1S/C34H37ClN4O3/c35-27-15-13-26(14-16-27)31-17-18-32(42-31)33(40)37-22-28-19-21-39(34(41)30(38-28)12-7-20-36)23-29(24-8-3-1-4-9-24)25-10-5-2-6-11-25/h1-6,8-11,13-18,28-30,38H,7,12,19-23,36H2,(H,37,40)/t28-,30-/m0/s1. The van der Waals surface area contributed by atoms with Crippen LogP contribution >= 0.6 is 11.6 Å². The molecule has 1 saturated heterocycles. The zero-order valence-electron chi connectivity index (χ0n) is 23.5. The van der Waals surface area contributed by atoms with Crippen LogP contribution in [0.3, 0.4) is 0 Å². The number of halogens is 1. The van der Waals surface area contributed by atoms with E-state index in [1.165, 1.54) is 11.1 Å². The summed E-state index contributed by atoms with van der Waals surface area (Å²) in [5, 5.41) is 7.16. The van der Waals surface area contributed by atoms with Gasteiger partial charge in [-0.2, -0.15) is 0 Å². The molecule has 4 aromatic rings. The summed E-state index contributed by atoms with van der Waals surface area (Å²) < 4.78 is 5.82. The Hall–Kier alpha value is -3.91. The molecule has 4 N–H and O–H groups in total. The SMILES string of the molecule is NCCC[C@@H]1N[C@H](CNC(=O)c2ccc(-c3ccc(Cl)cc3)o2)CCN(CC(c2ccccc2)c2ccccc2)C1=O. The minimum atomic E-state index is -0.370. The molecule has 42 heavy (non-hydrogen) atoms. The van der Waals surface area contributed by atoms with E-state index >= 15 is 0 Å². The molecule has 1 fully saturated rings. The highest BCUT2D eigenvalue weighted by Crippen LogP contribution is 2.27. The molecule has 1 aliphatic rings. The Balaban J connectivity index is 1.27. The number of carbonyl (C=O) groups excluding carboxylic acids is 2. The number of benzene rings is 3. The summed E-state index contributed by atoms with van der Waals surface area (Å²) in [6, 6.07) is 30.9. The first-order valence-electron chi connectivity index (χ1n) is 14.5. The fraction of sp³-hybridized carbons (Fsp3) is 0.294. The van der Waals surface area contributed by atoms with Crippen molar-refractivity contribution >= 4 is 23.4 Å². The number of hydrogen-bond donors (Lipinski definition) is 3. The highest BCUT2D eigenvalue weighted by molar-refractivity contribution is 6.30. The van der Waals surface area contributed by atoms with Gasteiger partial charge < -0.3 is 25.7 Å². The molecule has 218 valence electrons. The molecule has 1 aliphatic heterocycles. The van der Waals surface area contributed by atoms with E-state index in [4.69, 9.17) is 21.8 Å². The Morgan fingerprint density at radius 1 is 0.976 bits per heavy atom. The highest BCUT2D eigenvalue weighted by atomic mass is 35.5. The molecule has 0 bridgehead atoms. The second kappa shape index (κ2) is 14.3. The van der Waals surface area contributed by atoms with Crippen LogP contribution in [0.15, 0.2) is 101 Å². The third-order valence-electron chi connectivity index (χ3n) is 7.77. The molecule has 2 amide bonds. The van der Waals surface area contributed by atoms with Gasteiger partial charge in [0.2, 0.25) is 5.91 Å². The quantitative estimate of drug-likeness (QED) is 0.217. The Kier molecular flexibility index (Phi) is 10.1. The number of hydrogen-bond acceptors (Lipinski definition) is 5. The van der Waals surface area contributed by atoms with Crippen molar-refractivity contribution in [3.63, 3.8) is 0 Å². The van der Waals surface area contributed by atoms with E-state index in [0.29, 0.717) is 49.8 Å². The second-order valence-electron chi connectivity index (χ2n) is 10.7. The first-order valence-corrected chi connectivity index (χ1v) is 14.9. The van der Waals surface area contributed by atoms with E-state index < -0.39 is 0 Å². The zero-order chi connectivity index (χ0) is 29.3. The monoisotopic (exact) mass is 584 g/mol. The highest BCUT2D eigenvalue weighted by Gasteiger charge is 2.32. The van der Waals surface area contributed by atoms with E-state index in [1.54, 1.807) is 24.3 Å². The lowest BCUT2D eigenvalue weighted by Gasteiger charge is -2.29. The number of nitrogens with two attached hydrogens (primary N) is 1. The maximum Gasteiger partial charge on any atom is 0.287 e. The lowest BCUT2D eigenvalue weighted by Crippen LogP contribution is -2.49. The van der Waals surface area contributed by atoms with E-state index in [1.807, 2.05) is 53.4 Å². The third kappa shape index (κ3) is 7.48. The molecule has 2 heterocycles. The van der Waals surface area contributed by atoms with Crippen molar-refractivity contribution in [3.8, 4) is 11.3 Å². The first kappa shape index (κ1) is 29.6. The second-order valence-corrected chi connectivity index (χ2v) is 11.1. The van der Waals surface area contributed by atoms with E-state index in [2.05, 4.69) is 34.9 Å². The molecule has 3 aromatic carbocycles. The number of nitrogens with zero attached hydrogens (tertiary/aromatic N) is 1. The molecule has 0 unspecified atom stereocenters. The van der Waals surface area contributed by atoms with Gasteiger partial charge in [-0.3, -0.25) is 9.59 Å². The number of furan rings is 1. The summed E-state index contributed by atoms with van der Waals surface area (Å²) >= 11 is 5.99. The zero-order valence-corrected chi connectivity index (χ0v) is 24.3. The summed E-state index contributed by atoms with van der Waals surface area (Å²) in [6.45, 7) is 2.05. The Bertz CT molecular complexity index is 1400. The van der Waals surface area contributed by atoms with Crippen molar-refractivity contribution in [1.82, 2.24) is 15.5 Å². The minimum Gasteiger partial charge on any atom is -0.451 e. The molecule has 7 nitrogen and oxygen atoms in total. The van der Waals surface area contributed by atoms with Crippen molar-refractivity contribution in [2.45, 2.75) is 37.3 Å². The van der Waals surface area contributed by atoms with Crippen molar-refractivity contribution < 1.29 is 14.0 Å². The minimum absolute atomic E-state index is 0.0524. The van der Waals surface area contributed by atoms with Gasteiger partial charge in [-0.1, -0.05) is 72.3 Å². The maximum absolute atomic E-state index is 13.8. The van der Waals surface area contributed by atoms with Crippen molar-refractivity contribution in [2.75, 3.05) is 26.2 Å². The Labute approximate surface area is 252 Å². The van der Waals surface area contributed by atoms with Gasteiger partial charge in [0.25, 0.3) is 5.91 Å². The molecule has 2 atom stereocenters. The smallest absolute Gasteiger partial charge is 0.287 e. The third-order valence-corrected chi connectivity index (χ3v) is 8.02. The van der Waals surface area contributed by atoms with Gasteiger partial charge in [-0.25, -0.2) is 0 Å². The van der Waals surface area contributed by atoms with Crippen LogP contribution in [0.4, 0.5) is 0 Å². The van der Waals surface area contributed by atoms with Crippen LogP contribution < -0.4 is 16.4 Å². The Morgan fingerprint density at radius 3 is 2.29 bits per heavy atom. The number of rotatable bonds is 11. The van der Waals surface area contributed by atoms with Gasteiger partial charge in [-0.05, 0) is 73.3 Å². The van der Waals surface area contributed by atoms with Crippen LogP contribution in [0, 0.1) is 0 Å². The molecule has 8 heteroatoms. The summed E-state index contributed by atoms with van der Waals surface area (Å²) in [4.78, 5) is 28.8. The molecule has 0 saturated carbocycles. The van der Waals surface area contributed by atoms with E-state index in [9.17, 15) is 9.59 Å². The molecule has 1 aromatic heterocycles. The summed E-state index contributed by atoms with van der Waals surface area (Å²) in [6.07, 6.45) is 2.08. The lowest BCUT2D eigenvalue weighted by atomic mass is 9.90. The number of amides is 2. The topological polar surface area (TPSA) is 101 Å². The van der Waals surface area contributed by atoms with Gasteiger partial charge in [0, 0.05) is 42.2 Å². The Morgan fingerprint density at radius 2 is 1.64 bits per heavy atom. The van der Waals surface area contributed by atoms with Crippen LogP contribution in [0.5, 0.6) is 0 Å². The fourth-order valence-corrected chi connectivity index (χ4v) is 5.60. The average Bonchev–Trinajstić information content (AvgIpc) is 3.47. The molecular weight excluding hydrogens is 548 g/mol. The summed E-state index contributed by atoms with van der Waals surface area (Å²) in [5.41, 5.74) is 9.01. The number of nitrogens with one attached hydrogen (secondary N) is 2. The normalized spacial score (nSPS) is 17.3. The van der Waals surface area contributed by atoms with Crippen LogP contribution in [0.25, 0.3) is 11.3 Å². The van der Waals surface area contributed by atoms with Crippen molar-refractivity contribution in [1.29, 1.82) is 0 Å². The van der Waals surface area contributed by atoms with Crippen molar-refractivity contribution in [3.05, 3.63) is 119 Å². The van der Waals surface area contributed by atoms with Crippen LogP contribution in [0.1, 0.15) is 46.9 Å². The van der Waals surface area contributed by atoms with Gasteiger partial charge in [0.15, 0.2) is 5.76 Å². The first-order chi connectivity index (χ1) is 20.5. The lowest BCUT2D eigenvalue weighted by molar-refractivity contribution is -0.133. The molecule has 0 aliphatic carbocycles. The maximum atomic E-state index is 13.8. The molecular formula is C34H37ClN4O3. The van der Waals surface area contributed by atoms with Crippen LogP contribution in [-0.4, -0.2) is 55.0 Å². The number of carbonyl (C=O) groups is 2. The summed E-state index contributed by atoms with van der Waals surface area (Å²) in [5.74, 6) is 0.666. The van der Waals surface area contributed by atoms with Crippen molar-refractivity contribution in [2.24, 2.45) is 5.73 Å². The largest absolute Gasteiger partial charge is 0.451 e. The fourth-order valence-electron chi connectivity index (χ4n) is 5.48. The van der Waals surface area contributed by atoms with Gasteiger partial charge in [0.05, 0.1) is 6.04 Å². The molecule has 0 spiro atoms. The van der Waals surface area contributed by atoms with E-state index in [-0.39, 0.29) is 35.6 Å². The average molecular weight is 585 g/mol. The predicted molar refractivity (Wildman–Crippen MR) is 166 cm³/mol. The van der Waals surface area contributed by atoms with Gasteiger partial charge in [0.1, 0.15) is 5.76 Å². The van der Waals surface area contributed by atoms with Gasteiger partial charge >= 0.3 is 0 Å². The predicted octanol–water partition coefficient (Wildman–Crippen LogP) is 5.46. The van der Waals surface area contributed by atoms with Gasteiger partial charge in [-0.15, -0.1) is 0 Å². The molecule has 5 rings (SSSR count). The van der Waals surface area contributed by atoms with Crippen LogP contribution in [0.2, 0.25) is 5.02 Å². The van der Waals surface area contributed by atoms with E-state index in [0.717, 1.165) is 12.0 Å². The molecule has 0 radical (unpaired) electrons. The summed E-state index contributed by atoms with van der Waals surface area (Å²) in [7, 11) is 0. The van der Waals surface area contributed by atoms with Crippen LogP contribution in [-0.2, 0) is 4.79 Å².